The highest BCUT2D eigenvalue weighted by atomic mass is 16.5. The second-order valence-electron chi connectivity index (χ2n) is 12.1. The Balaban J connectivity index is 1.23. The van der Waals surface area contributed by atoms with Gasteiger partial charge in [-0.25, -0.2) is 19.9 Å². The number of imidazole rings is 1. The number of nitrogens with two attached hydrogens (primary N) is 1. The standard InChI is InChI=1S/C32H34N8O3/c1-38-28-23(10-20(12-26(28)42-2)31(41)40-16-19-7-9-24(40)27(19)33)37-30(38)25-11-18-6-8-22(21-13-34-32(43-3)35-14-21)36-29(18)39(25)15-17-4-5-17/h6,8,10-14,17,19,24,27H,4-5,7,9,15-16,33H2,1-3H3/t19-,24-,27-/m1/s1. The van der Waals surface area contributed by atoms with E-state index in [0.717, 1.165) is 70.8 Å². The lowest BCUT2D eigenvalue weighted by Crippen LogP contribution is -2.41. The second kappa shape index (κ2) is 9.77. The van der Waals surface area contributed by atoms with Crippen molar-refractivity contribution in [3.8, 4) is 34.5 Å². The first kappa shape index (κ1) is 26.1. The largest absolute Gasteiger partial charge is 0.494 e. The Kier molecular flexibility index (Phi) is 5.94. The summed E-state index contributed by atoms with van der Waals surface area (Å²) in [6, 6.07) is 10.5. The second-order valence-corrected chi connectivity index (χ2v) is 12.1. The van der Waals surface area contributed by atoms with Gasteiger partial charge in [-0.1, -0.05) is 0 Å². The fourth-order valence-electron chi connectivity index (χ4n) is 7.04. The molecule has 5 heterocycles. The predicted octanol–water partition coefficient (Wildman–Crippen LogP) is 4.04. The number of pyridine rings is 1. The molecule has 5 aromatic rings. The average molecular weight is 579 g/mol. The van der Waals surface area contributed by atoms with Gasteiger partial charge < -0.3 is 29.2 Å². The number of amides is 1. The first-order valence-electron chi connectivity index (χ1n) is 14.9. The molecule has 2 bridgehead atoms. The van der Waals surface area contributed by atoms with Gasteiger partial charge in [0.1, 0.15) is 16.9 Å². The van der Waals surface area contributed by atoms with Crippen LogP contribution in [0.5, 0.6) is 11.8 Å². The van der Waals surface area contributed by atoms with Gasteiger partial charge in [0.05, 0.1) is 31.1 Å². The third-order valence-electron chi connectivity index (χ3n) is 9.53. The third kappa shape index (κ3) is 4.16. The number of rotatable bonds is 7. The SMILES string of the molecule is COc1ncc(-c2ccc3cc(-c4nc5cc(C(=O)N6C[C@H]7CC[C@@H]6[C@@H]7N)cc(OC)c5n4C)n(CC4CC4)c3n2)cn1. The molecule has 1 aromatic carbocycles. The molecule has 11 heteroatoms. The molecule has 43 heavy (non-hydrogen) atoms. The number of hydrogen-bond donors (Lipinski definition) is 1. The fraction of sp³-hybridized carbons (Fsp3) is 0.406. The number of benzene rings is 1. The van der Waals surface area contributed by atoms with Crippen molar-refractivity contribution in [1.82, 2.24) is 34.0 Å². The third-order valence-corrected chi connectivity index (χ3v) is 9.53. The molecule has 220 valence electrons. The highest BCUT2D eigenvalue weighted by molar-refractivity contribution is 6.00. The Morgan fingerprint density at radius 3 is 2.51 bits per heavy atom. The Bertz CT molecular complexity index is 1890. The van der Waals surface area contributed by atoms with Crippen LogP contribution in [0.1, 0.15) is 36.0 Å². The van der Waals surface area contributed by atoms with Gasteiger partial charge in [-0.05, 0) is 67.9 Å². The molecule has 11 nitrogen and oxygen atoms in total. The van der Waals surface area contributed by atoms with Crippen molar-refractivity contribution in [2.45, 2.75) is 44.3 Å². The van der Waals surface area contributed by atoms with Crippen molar-refractivity contribution in [2.24, 2.45) is 24.6 Å². The van der Waals surface area contributed by atoms with E-state index in [9.17, 15) is 4.79 Å². The number of likely N-dealkylation sites (tertiary alicyclic amines) is 1. The molecule has 3 aliphatic rings. The number of hydrogen-bond acceptors (Lipinski definition) is 8. The van der Waals surface area contributed by atoms with E-state index in [4.69, 9.17) is 25.2 Å². The van der Waals surface area contributed by atoms with Gasteiger partial charge in [-0.2, -0.15) is 0 Å². The summed E-state index contributed by atoms with van der Waals surface area (Å²) in [6.45, 7) is 1.58. The van der Waals surface area contributed by atoms with Crippen molar-refractivity contribution >= 4 is 28.0 Å². The number of aromatic nitrogens is 6. The van der Waals surface area contributed by atoms with Crippen LogP contribution < -0.4 is 15.2 Å². The predicted molar refractivity (Wildman–Crippen MR) is 162 cm³/mol. The molecule has 1 saturated heterocycles. The van der Waals surface area contributed by atoms with Crippen LogP contribution in [0.25, 0.3) is 44.8 Å². The Morgan fingerprint density at radius 1 is 1.02 bits per heavy atom. The van der Waals surface area contributed by atoms with Crippen molar-refractivity contribution < 1.29 is 14.3 Å². The molecule has 8 rings (SSSR count). The summed E-state index contributed by atoms with van der Waals surface area (Å²) in [5.74, 6) is 2.42. The van der Waals surface area contributed by atoms with Gasteiger partial charge in [0.2, 0.25) is 0 Å². The van der Waals surface area contributed by atoms with Crippen molar-refractivity contribution in [3.63, 3.8) is 0 Å². The topological polar surface area (TPSA) is 126 Å². The molecule has 1 amide bonds. The summed E-state index contributed by atoms with van der Waals surface area (Å²) < 4.78 is 15.3. The van der Waals surface area contributed by atoms with E-state index in [-0.39, 0.29) is 18.0 Å². The van der Waals surface area contributed by atoms with Crippen LogP contribution in [0.15, 0.2) is 42.7 Å². The van der Waals surface area contributed by atoms with E-state index in [2.05, 4.69) is 31.2 Å². The van der Waals surface area contributed by atoms with Gasteiger partial charge in [-0.15, -0.1) is 0 Å². The maximum atomic E-state index is 13.7. The lowest BCUT2D eigenvalue weighted by Gasteiger charge is -2.27. The van der Waals surface area contributed by atoms with Crippen LogP contribution in [0.4, 0.5) is 0 Å². The minimum atomic E-state index is -0.00265. The summed E-state index contributed by atoms with van der Waals surface area (Å²) >= 11 is 0. The summed E-state index contributed by atoms with van der Waals surface area (Å²) in [5, 5.41) is 1.03. The minimum Gasteiger partial charge on any atom is -0.494 e. The van der Waals surface area contributed by atoms with Crippen LogP contribution in [0, 0.1) is 11.8 Å². The molecule has 2 aliphatic carbocycles. The molecule has 0 spiro atoms. The minimum absolute atomic E-state index is 0.00265. The Morgan fingerprint density at radius 2 is 1.84 bits per heavy atom. The highest BCUT2D eigenvalue weighted by Crippen LogP contribution is 2.40. The Hall–Kier alpha value is -4.51. The molecular formula is C32H34N8O3. The van der Waals surface area contributed by atoms with Gasteiger partial charge in [-0.3, -0.25) is 4.79 Å². The van der Waals surface area contributed by atoms with E-state index in [0.29, 0.717) is 29.2 Å². The molecule has 1 aliphatic heterocycles. The first-order valence-corrected chi connectivity index (χ1v) is 14.9. The summed E-state index contributed by atoms with van der Waals surface area (Å²) in [4.78, 5) is 34.3. The summed E-state index contributed by atoms with van der Waals surface area (Å²) in [7, 11) is 5.19. The Labute approximate surface area is 248 Å². The van der Waals surface area contributed by atoms with Gasteiger partial charge in [0, 0.05) is 61.1 Å². The smallest absolute Gasteiger partial charge is 0.316 e. The maximum Gasteiger partial charge on any atom is 0.316 e. The molecule has 2 saturated carbocycles. The maximum absolute atomic E-state index is 13.7. The molecule has 3 atom stereocenters. The molecular weight excluding hydrogens is 544 g/mol. The number of carbonyl (C=O) groups excluding carboxylic acids is 1. The summed E-state index contributed by atoms with van der Waals surface area (Å²) in [6.07, 6.45) is 7.93. The zero-order valence-electron chi connectivity index (χ0n) is 24.5. The van der Waals surface area contributed by atoms with E-state index in [1.165, 1.54) is 12.8 Å². The van der Waals surface area contributed by atoms with Gasteiger partial charge in [0.15, 0.2) is 5.82 Å². The monoisotopic (exact) mass is 578 g/mol. The van der Waals surface area contributed by atoms with E-state index >= 15 is 0 Å². The molecule has 0 radical (unpaired) electrons. The van der Waals surface area contributed by atoms with Gasteiger partial charge >= 0.3 is 6.01 Å². The quantitative estimate of drug-likeness (QED) is 0.307. The number of piperidine rings is 1. The number of aryl methyl sites for hydroxylation is 1. The van der Waals surface area contributed by atoms with Crippen molar-refractivity contribution in [1.29, 1.82) is 0 Å². The average Bonchev–Trinajstić information content (AvgIpc) is 3.44. The molecule has 4 aromatic heterocycles. The fourth-order valence-corrected chi connectivity index (χ4v) is 7.04. The van der Waals surface area contributed by atoms with E-state index in [1.54, 1.807) is 26.6 Å². The van der Waals surface area contributed by atoms with Crippen molar-refractivity contribution in [2.75, 3.05) is 20.8 Å². The number of methoxy groups -OCH3 is 2. The number of ether oxygens (including phenoxy) is 2. The zero-order valence-corrected chi connectivity index (χ0v) is 24.5. The van der Waals surface area contributed by atoms with E-state index < -0.39 is 0 Å². The molecule has 3 fully saturated rings. The van der Waals surface area contributed by atoms with Crippen LogP contribution >= 0.6 is 0 Å². The van der Waals surface area contributed by atoms with Crippen LogP contribution in [0.2, 0.25) is 0 Å². The number of carbonyl (C=O) groups is 1. The normalized spacial score (nSPS) is 21.3. The lowest BCUT2D eigenvalue weighted by molar-refractivity contribution is 0.0700. The number of fused-ring (bicyclic) bond motifs is 4. The zero-order chi connectivity index (χ0) is 29.4. The van der Waals surface area contributed by atoms with Crippen molar-refractivity contribution in [3.05, 3.63) is 48.3 Å². The highest BCUT2D eigenvalue weighted by Gasteiger charge is 2.47. The van der Waals surface area contributed by atoms with Gasteiger partial charge in [0.25, 0.3) is 5.91 Å². The van der Waals surface area contributed by atoms with Crippen LogP contribution in [-0.4, -0.2) is 72.7 Å². The van der Waals surface area contributed by atoms with Crippen LogP contribution in [-0.2, 0) is 13.6 Å². The summed E-state index contributed by atoms with van der Waals surface area (Å²) in [5.41, 5.74) is 12.1. The molecule has 2 N–H and O–H groups in total. The number of nitrogens with zero attached hydrogens (tertiary/aromatic N) is 7. The van der Waals surface area contributed by atoms with E-state index in [1.807, 2.05) is 30.1 Å². The molecule has 0 unspecified atom stereocenters. The lowest BCUT2D eigenvalue weighted by atomic mass is 10.1. The van der Waals surface area contributed by atoms with Crippen LogP contribution in [0.3, 0.4) is 0 Å². The first-order chi connectivity index (χ1) is 20.9.